The fraction of sp³-hybridized carbons (Fsp3) is 0.412. The molecule has 2 aromatic heterocycles. The van der Waals surface area contributed by atoms with Gasteiger partial charge in [0.15, 0.2) is 10.8 Å². The standard InChI is InChI=1S/C17H20N10O5S3.2ClH/c1-26-17(22-24-25-26)35-5-7-4-33-14-10(13(29)27(14)11(7)15(30)31)21-12(28)9(23-32-3-2-18)8-6-34-16(19)20-8;;/h6,10,14H,2-5,18H2,1H3,(H2,19,20)(H,21,28)(H,30,31);2*1H/t10?,14-;;/m0../s1. The summed E-state index contributed by atoms with van der Waals surface area (Å²) in [5.41, 5.74) is 11.5. The van der Waals surface area contributed by atoms with Gasteiger partial charge in [0.1, 0.15) is 29.4 Å². The third kappa shape index (κ3) is 6.44. The van der Waals surface area contributed by atoms with E-state index in [-0.39, 0.29) is 66.0 Å². The molecule has 2 aromatic rings. The minimum atomic E-state index is -1.23. The number of rotatable bonds is 10. The average molecular weight is 614 g/mol. The van der Waals surface area contributed by atoms with Crippen molar-refractivity contribution >= 4 is 88.3 Å². The number of thioether (sulfide) groups is 2. The first kappa shape index (κ1) is 30.6. The van der Waals surface area contributed by atoms with Crippen molar-refractivity contribution in [1.82, 2.24) is 35.4 Å². The maximum atomic E-state index is 13.0. The van der Waals surface area contributed by atoms with Crippen LogP contribution in [0.2, 0.25) is 0 Å². The number of halogens is 2. The molecule has 4 heterocycles. The second-order valence-electron chi connectivity index (χ2n) is 7.12. The Morgan fingerprint density at radius 3 is 2.76 bits per heavy atom. The molecule has 0 saturated carbocycles. The van der Waals surface area contributed by atoms with Crippen molar-refractivity contribution in [3.63, 3.8) is 0 Å². The van der Waals surface area contributed by atoms with Crippen LogP contribution in [0, 0.1) is 0 Å². The van der Waals surface area contributed by atoms with Gasteiger partial charge in [-0.25, -0.2) is 14.5 Å². The Hall–Kier alpha value is -2.64. The summed E-state index contributed by atoms with van der Waals surface area (Å²) >= 11 is 3.73. The lowest BCUT2D eigenvalue weighted by Crippen LogP contribution is -2.71. The first-order valence-electron chi connectivity index (χ1n) is 9.99. The topological polar surface area (TPSA) is 217 Å². The summed E-state index contributed by atoms with van der Waals surface area (Å²) in [6.07, 6.45) is 0. The molecule has 2 atom stereocenters. The van der Waals surface area contributed by atoms with Gasteiger partial charge in [0.2, 0.25) is 5.16 Å². The van der Waals surface area contributed by atoms with Crippen molar-refractivity contribution < 1.29 is 24.3 Å². The van der Waals surface area contributed by atoms with E-state index in [1.54, 1.807) is 7.05 Å². The molecule has 6 N–H and O–H groups in total. The van der Waals surface area contributed by atoms with Gasteiger partial charge in [0, 0.05) is 30.5 Å². The lowest BCUT2D eigenvalue weighted by atomic mass is 10.0. The summed E-state index contributed by atoms with van der Waals surface area (Å²) in [5, 5.41) is 29.1. The van der Waals surface area contributed by atoms with E-state index in [4.69, 9.17) is 16.3 Å². The molecule has 1 unspecified atom stereocenters. The highest BCUT2D eigenvalue weighted by Crippen LogP contribution is 2.41. The molecule has 2 aliphatic heterocycles. The molecule has 4 rings (SSSR count). The molecular weight excluding hydrogens is 591 g/mol. The molecule has 2 amide bonds. The van der Waals surface area contributed by atoms with Crippen LogP contribution >= 0.6 is 59.7 Å². The minimum absolute atomic E-state index is 0. The Bertz CT molecular complexity index is 1220. The molecule has 202 valence electrons. The van der Waals surface area contributed by atoms with Crippen LogP contribution in [0.25, 0.3) is 0 Å². The van der Waals surface area contributed by atoms with Crippen LogP contribution in [0.4, 0.5) is 5.13 Å². The van der Waals surface area contributed by atoms with E-state index in [1.807, 2.05) is 0 Å². The highest BCUT2D eigenvalue weighted by molar-refractivity contribution is 8.01. The molecular formula is C17H22Cl2N10O5S3. The number of carboxylic acids is 1. The number of tetrazole rings is 1. The van der Waals surface area contributed by atoms with E-state index in [0.29, 0.717) is 16.5 Å². The van der Waals surface area contributed by atoms with Gasteiger partial charge in [-0.05, 0) is 16.0 Å². The van der Waals surface area contributed by atoms with E-state index < -0.39 is 29.2 Å². The molecule has 1 saturated heterocycles. The number of carbonyl (C=O) groups excluding carboxylic acids is 2. The number of amides is 2. The average Bonchev–Trinajstić information content (AvgIpc) is 3.45. The Labute approximate surface area is 234 Å². The number of fused-ring (bicyclic) bond motifs is 1. The number of oxime groups is 1. The van der Waals surface area contributed by atoms with Crippen molar-refractivity contribution in [1.29, 1.82) is 0 Å². The normalized spacial score (nSPS) is 18.8. The third-order valence-electron chi connectivity index (χ3n) is 4.84. The van der Waals surface area contributed by atoms with E-state index in [9.17, 15) is 19.5 Å². The maximum Gasteiger partial charge on any atom is 0.352 e. The lowest BCUT2D eigenvalue weighted by molar-refractivity contribution is -0.150. The van der Waals surface area contributed by atoms with Crippen LogP contribution in [0.3, 0.4) is 0 Å². The Morgan fingerprint density at radius 2 is 2.16 bits per heavy atom. The van der Waals surface area contributed by atoms with Crippen molar-refractivity contribution in [2.45, 2.75) is 16.6 Å². The number of carbonyl (C=O) groups is 3. The quantitative estimate of drug-likeness (QED) is 0.0858. The van der Waals surface area contributed by atoms with Crippen LogP contribution in [-0.4, -0.2) is 94.8 Å². The van der Waals surface area contributed by atoms with Crippen LogP contribution in [-0.2, 0) is 26.3 Å². The number of β-lactam (4-membered cyclic amide) rings is 1. The fourth-order valence-electron chi connectivity index (χ4n) is 3.26. The Morgan fingerprint density at radius 1 is 1.41 bits per heavy atom. The van der Waals surface area contributed by atoms with Crippen molar-refractivity contribution in [2.24, 2.45) is 17.9 Å². The smallest absolute Gasteiger partial charge is 0.352 e. The molecule has 15 nitrogen and oxygen atoms in total. The molecule has 0 aromatic carbocycles. The molecule has 0 radical (unpaired) electrons. The molecule has 1 fully saturated rings. The number of aryl methyl sites for hydroxylation is 1. The summed E-state index contributed by atoms with van der Waals surface area (Å²) in [6.45, 7) is 0.257. The molecule has 2 aliphatic rings. The fourth-order valence-corrected chi connectivity index (χ4v) is 6.15. The van der Waals surface area contributed by atoms with Crippen molar-refractivity contribution in [2.75, 3.05) is 30.4 Å². The number of nitrogens with two attached hydrogens (primary N) is 2. The van der Waals surface area contributed by atoms with Gasteiger partial charge >= 0.3 is 5.97 Å². The number of carboxylic acid groups (broad SMARTS) is 1. The predicted molar refractivity (Wildman–Crippen MR) is 142 cm³/mol. The summed E-state index contributed by atoms with van der Waals surface area (Å²) in [6, 6.07) is -0.949. The number of nitrogen functional groups attached to an aromatic ring is 1. The van der Waals surface area contributed by atoms with Gasteiger partial charge < -0.3 is 26.7 Å². The van der Waals surface area contributed by atoms with Gasteiger partial charge in [-0.2, -0.15) is 0 Å². The number of anilines is 1. The Kier molecular flexibility index (Phi) is 10.9. The Balaban J connectivity index is 0.00000241. The second-order valence-corrected chi connectivity index (χ2v) is 10.1. The summed E-state index contributed by atoms with van der Waals surface area (Å²) in [7, 11) is 1.67. The number of nitrogens with zero attached hydrogens (tertiary/aromatic N) is 7. The zero-order valence-corrected chi connectivity index (χ0v) is 23.0. The zero-order chi connectivity index (χ0) is 25.1. The largest absolute Gasteiger partial charge is 0.477 e. The predicted octanol–water partition coefficient (Wildman–Crippen LogP) is -0.697. The first-order chi connectivity index (χ1) is 16.8. The van der Waals surface area contributed by atoms with E-state index in [1.165, 1.54) is 38.5 Å². The maximum absolute atomic E-state index is 13.0. The molecule has 0 bridgehead atoms. The van der Waals surface area contributed by atoms with Gasteiger partial charge in [0.05, 0.1) is 0 Å². The summed E-state index contributed by atoms with van der Waals surface area (Å²) in [5.74, 6) is -1.84. The number of hydrogen-bond acceptors (Lipinski definition) is 14. The van der Waals surface area contributed by atoms with Crippen molar-refractivity contribution in [3.05, 3.63) is 22.3 Å². The number of nitrogens with one attached hydrogen (secondary N) is 1. The van der Waals surface area contributed by atoms with Crippen LogP contribution in [0.1, 0.15) is 5.69 Å². The van der Waals surface area contributed by atoms with Crippen LogP contribution < -0.4 is 16.8 Å². The highest BCUT2D eigenvalue weighted by atomic mass is 35.5. The number of aromatic nitrogens is 5. The van der Waals surface area contributed by atoms with E-state index in [2.05, 4.69) is 31.0 Å². The van der Waals surface area contributed by atoms with Gasteiger partial charge in [-0.3, -0.25) is 14.5 Å². The van der Waals surface area contributed by atoms with Crippen molar-refractivity contribution in [3.8, 4) is 0 Å². The number of aliphatic carboxylic acids is 1. The summed E-state index contributed by atoms with van der Waals surface area (Å²) in [4.78, 5) is 48.2. The van der Waals surface area contributed by atoms with Crippen LogP contribution in [0.5, 0.6) is 0 Å². The molecule has 0 aliphatic carbocycles. The van der Waals surface area contributed by atoms with Gasteiger partial charge in [-0.15, -0.1) is 53.0 Å². The zero-order valence-electron chi connectivity index (χ0n) is 19.0. The molecule has 0 spiro atoms. The summed E-state index contributed by atoms with van der Waals surface area (Å²) < 4.78 is 1.47. The molecule has 37 heavy (non-hydrogen) atoms. The second kappa shape index (κ2) is 13.2. The van der Waals surface area contributed by atoms with Gasteiger partial charge in [0.25, 0.3) is 11.8 Å². The highest BCUT2D eigenvalue weighted by Gasteiger charge is 2.54. The van der Waals surface area contributed by atoms with E-state index >= 15 is 0 Å². The minimum Gasteiger partial charge on any atom is -0.477 e. The molecule has 20 heteroatoms. The van der Waals surface area contributed by atoms with Gasteiger partial charge in [-0.1, -0.05) is 16.9 Å². The van der Waals surface area contributed by atoms with E-state index in [0.717, 1.165) is 11.3 Å². The lowest BCUT2D eigenvalue weighted by Gasteiger charge is -2.49. The SMILES string of the molecule is Cl.Cl.Cn1nnnc1SCC1=C(C(=O)O)N2C(=O)C(NC(=O)C(=NOCCN)c3csc(N)n3)[C@@H]2SC1. The number of hydrogen-bond donors (Lipinski definition) is 4. The third-order valence-corrected chi connectivity index (χ3v) is 7.95. The van der Waals surface area contributed by atoms with Crippen LogP contribution in [0.15, 0.2) is 27.0 Å². The first-order valence-corrected chi connectivity index (χ1v) is 12.9. The monoisotopic (exact) mass is 612 g/mol. The number of thiazole rings is 1.